The Morgan fingerprint density at radius 3 is 2.60 bits per heavy atom. The third-order valence-electron chi connectivity index (χ3n) is 4.50. The summed E-state index contributed by atoms with van der Waals surface area (Å²) < 4.78 is 17.4. The van der Waals surface area contributed by atoms with Crippen LogP contribution in [-0.4, -0.2) is 24.7 Å². The van der Waals surface area contributed by atoms with Gasteiger partial charge in [-0.3, -0.25) is 0 Å². The number of hydrogen-bond donors (Lipinski definition) is 1. The summed E-state index contributed by atoms with van der Waals surface area (Å²) in [5.74, 6) is 2.22. The highest BCUT2D eigenvalue weighted by Crippen LogP contribution is 2.29. The Balaban J connectivity index is 1.45. The van der Waals surface area contributed by atoms with Gasteiger partial charge in [0, 0.05) is 18.8 Å². The average molecular weight is 407 g/mol. The standard InChI is InChI=1S/C25H30N2O3/c1-3-28-24-17-21(18-26-13-7-15-29-25-10-4-5-14-27-25)11-12-23(24)30-19-22-9-6-8-20(2)16-22/h4-6,8-12,14,16-17,26H,3,7,13,15,18-19H2,1-2H3. The first-order valence-corrected chi connectivity index (χ1v) is 10.4. The number of aromatic nitrogens is 1. The van der Waals surface area contributed by atoms with Crippen LogP contribution in [0.25, 0.3) is 0 Å². The van der Waals surface area contributed by atoms with E-state index in [-0.39, 0.29) is 0 Å². The fraction of sp³-hybridized carbons (Fsp3) is 0.320. The Morgan fingerprint density at radius 2 is 1.80 bits per heavy atom. The minimum Gasteiger partial charge on any atom is -0.490 e. The molecule has 0 radical (unpaired) electrons. The predicted molar refractivity (Wildman–Crippen MR) is 119 cm³/mol. The van der Waals surface area contributed by atoms with Crippen molar-refractivity contribution in [2.75, 3.05) is 19.8 Å². The molecular formula is C25H30N2O3. The second-order valence-electron chi connectivity index (χ2n) is 7.04. The summed E-state index contributed by atoms with van der Waals surface area (Å²) in [4.78, 5) is 4.15. The number of aryl methyl sites for hydroxylation is 1. The Morgan fingerprint density at radius 1 is 0.867 bits per heavy atom. The molecule has 0 fully saturated rings. The van der Waals surface area contributed by atoms with Crippen LogP contribution in [0.5, 0.6) is 17.4 Å². The summed E-state index contributed by atoms with van der Waals surface area (Å²) in [7, 11) is 0. The van der Waals surface area contributed by atoms with Gasteiger partial charge in [-0.15, -0.1) is 0 Å². The lowest BCUT2D eigenvalue weighted by molar-refractivity contribution is 0.269. The van der Waals surface area contributed by atoms with E-state index in [0.29, 0.717) is 25.7 Å². The van der Waals surface area contributed by atoms with Gasteiger partial charge >= 0.3 is 0 Å². The van der Waals surface area contributed by atoms with E-state index in [0.717, 1.165) is 42.1 Å². The second-order valence-corrected chi connectivity index (χ2v) is 7.04. The lowest BCUT2D eigenvalue weighted by atomic mass is 10.1. The highest BCUT2D eigenvalue weighted by atomic mass is 16.5. The van der Waals surface area contributed by atoms with Crippen molar-refractivity contribution < 1.29 is 14.2 Å². The Kier molecular flexibility index (Phi) is 8.54. The van der Waals surface area contributed by atoms with Gasteiger partial charge in [-0.25, -0.2) is 4.98 Å². The molecule has 1 aromatic heterocycles. The number of hydrogen-bond acceptors (Lipinski definition) is 5. The van der Waals surface area contributed by atoms with Crippen LogP contribution in [0.15, 0.2) is 66.9 Å². The maximum absolute atomic E-state index is 6.02. The maximum Gasteiger partial charge on any atom is 0.213 e. The van der Waals surface area contributed by atoms with E-state index in [4.69, 9.17) is 14.2 Å². The fourth-order valence-corrected chi connectivity index (χ4v) is 3.05. The topological polar surface area (TPSA) is 52.6 Å². The van der Waals surface area contributed by atoms with Crippen LogP contribution in [0.3, 0.4) is 0 Å². The van der Waals surface area contributed by atoms with Gasteiger partial charge in [-0.05, 0) is 56.1 Å². The number of nitrogens with one attached hydrogen (secondary N) is 1. The quantitative estimate of drug-likeness (QED) is 0.433. The molecule has 0 atom stereocenters. The van der Waals surface area contributed by atoms with E-state index >= 15 is 0 Å². The van der Waals surface area contributed by atoms with Gasteiger partial charge in [0.25, 0.3) is 0 Å². The summed E-state index contributed by atoms with van der Waals surface area (Å²) >= 11 is 0. The molecule has 30 heavy (non-hydrogen) atoms. The van der Waals surface area contributed by atoms with Crippen molar-refractivity contribution >= 4 is 0 Å². The van der Waals surface area contributed by atoms with Crippen LogP contribution in [0.2, 0.25) is 0 Å². The maximum atomic E-state index is 6.02. The van der Waals surface area contributed by atoms with Gasteiger partial charge in [-0.2, -0.15) is 0 Å². The van der Waals surface area contributed by atoms with Crippen LogP contribution in [0.4, 0.5) is 0 Å². The zero-order valence-electron chi connectivity index (χ0n) is 17.8. The van der Waals surface area contributed by atoms with Gasteiger partial charge in [-0.1, -0.05) is 42.0 Å². The minimum atomic E-state index is 0.523. The highest BCUT2D eigenvalue weighted by Gasteiger charge is 2.07. The Labute approximate surface area is 179 Å². The van der Waals surface area contributed by atoms with Gasteiger partial charge < -0.3 is 19.5 Å². The number of nitrogens with zero attached hydrogens (tertiary/aromatic N) is 1. The lowest BCUT2D eigenvalue weighted by Gasteiger charge is -2.14. The molecule has 0 unspecified atom stereocenters. The largest absolute Gasteiger partial charge is 0.490 e. The van der Waals surface area contributed by atoms with E-state index in [1.54, 1.807) is 6.20 Å². The fourth-order valence-electron chi connectivity index (χ4n) is 3.05. The first kappa shape index (κ1) is 21.7. The van der Waals surface area contributed by atoms with Gasteiger partial charge in [0.2, 0.25) is 5.88 Å². The molecule has 1 heterocycles. The molecule has 0 amide bonds. The molecule has 0 saturated carbocycles. The van der Waals surface area contributed by atoms with E-state index in [2.05, 4.69) is 41.5 Å². The first-order valence-electron chi connectivity index (χ1n) is 10.4. The molecule has 5 heteroatoms. The zero-order chi connectivity index (χ0) is 21.0. The summed E-state index contributed by atoms with van der Waals surface area (Å²) in [6.07, 6.45) is 2.64. The molecular weight excluding hydrogens is 376 g/mol. The summed E-state index contributed by atoms with van der Waals surface area (Å²) in [5.41, 5.74) is 3.54. The van der Waals surface area contributed by atoms with Crippen LogP contribution < -0.4 is 19.5 Å². The molecule has 0 aliphatic heterocycles. The molecule has 5 nitrogen and oxygen atoms in total. The molecule has 0 saturated heterocycles. The van der Waals surface area contributed by atoms with Crippen LogP contribution in [0.1, 0.15) is 30.0 Å². The monoisotopic (exact) mass is 406 g/mol. The molecule has 0 spiro atoms. The second kappa shape index (κ2) is 11.8. The highest BCUT2D eigenvalue weighted by molar-refractivity contribution is 5.43. The third-order valence-corrected chi connectivity index (χ3v) is 4.50. The smallest absolute Gasteiger partial charge is 0.213 e. The number of pyridine rings is 1. The van der Waals surface area contributed by atoms with Gasteiger partial charge in [0.1, 0.15) is 6.61 Å². The molecule has 0 aliphatic carbocycles. The summed E-state index contributed by atoms with van der Waals surface area (Å²) in [6, 6.07) is 20.1. The predicted octanol–water partition coefficient (Wildman–Crippen LogP) is 4.93. The molecule has 0 aliphatic rings. The van der Waals surface area contributed by atoms with Crippen molar-refractivity contribution in [2.45, 2.75) is 33.4 Å². The van der Waals surface area contributed by atoms with E-state index in [1.807, 2.05) is 43.3 Å². The summed E-state index contributed by atoms with van der Waals surface area (Å²) in [5, 5.41) is 3.44. The minimum absolute atomic E-state index is 0.523. The Hall–Kier alpha value is -3.05. The molecule has 1 N–H and O–H groups in total. The molecule has 0 bridgehead atoms. The molecule has 3 aromatic rings. The SMILES string of the molecule is CCOc1cc(CNCCCOc2ccccn2)ccc1OCc1cccc(C)c1. The van der Waals surface area contributed by atoms with Crippen LogP contribution in [0, 0.1) is 6.92 Å². The van der Waals surface area contributed by atoms with Crippen molar-refractivity contribution in [1.82, 2.24) is 10.3 Å². The first-order chi connectivity index (χ1) is 14.7. The number of benzene rings is 2. The van der Waals surface area contributed by atoms with Crippen LogP contribution >= 0.6 is 0 Å². The molecule has 2 aromatic carbocycles. The van der Waals surface area contributed by atoms with Gasteiger partial charge in [0.05, 0.1) is 13.2 Å². The van der Waals surface area contributed by atoms with Crippen molar-refractivity contribution in [2.24, 2.45) is 0 Å². The van der Waals surface area contributed by atoms with Crippen molar-refractivity contribution in [3.05, 3.63) is 83.6 Å². The van der Waals surface area contributed by atoms with Gasteiger partial charge in [0.15, 0.2) is 11.5 Å². The number of rotatable bonds is 12. The normalized spacial score (nSPS) is 10.6. The average Bonchev–Trinajstić information content (AvgIpc) is 2.76. The van der Waals surface area contributed by atoms with Crippen molar-refractivity contribution in [1.29, 1.82) is 0 Å². The lowest BCUT2D eigenvalue weighted by Crippen LogP contribution is -2.17. The Bertz CT molecular complexity index is 900. The zero-order valence-corrected chi connectivity index (χ0v) is 17.8. The molecule has 3 rings (SSSR count). The third kappa shape index (κ3) is 7.08. The van der Waals surface area contributed by atoms with Crippen LogP contribution in [-0.2, 0) is 13.2 Å². The van der Waals surface area contributed by atoms with Crippen molar-refractivity contribution in [3.8, 4) is 17.4 Å². The summed E-state index contributed by atoms with van der Waals surface area (Å²) in [6.45, 7) is 7.46. The number of ether oxygens (including phenoxy) is 3. The van der Waals surface area contributed by atoms with E-state index in [1.165, 1.54) is 5.56 Å². The van der Waals surface area contributed by atoms with E-state index < -0.39 is 0 Å². The van der Waals surface area contributed by atoms with E-state index in [9.17, 15) is 0 Å². The molecule has 158 valence electrons. The van der Waals surface area contributed by atoms with Crippen molar-refractivity contribution in [3.63, 3.8) is 0 Å².